The van der Waals surface area contributed by atoms with Crippen molar-refractivity contribution < 1.29 is 9.53 Å². The van der Waals surface area contributed by atoms with E-state index in [1.54, 1.807) is 4.90 Å². The third-order valence-corrected chi connectivity index (χ3v) is 4.07. The van der Waals surface area contributed by atoms with Crippen molar-refractivity contribution in [2.45, 2.75) is 13.0 Å². The van der Waals surface area contributed by atoms with Crippen molar-refractivity contribution in [2.24, 2.45) is 5.73 Å². The highest BCUT2D eigenvalue weighted by Gasteiger charge is 2.26. The number of hydrogen-bond donors (Lipinski definition) is 1. The molecule has 6 heteroatoms. The highest BCUT2D eigenvalue weighted by molar-refractivity contribution is 7.14. The second kappa shape index (κ2) is 6.53. The summed E-state index contributed by atoms with van der Waals surface area (Å²) in [6.07, 6.45) is -0.537. The Kier molecular flexibility index (Phi) is 4.75. The van der Waals surface area contributed by atoms with Crippen LogP contribution in [0.15, 0.2) is 6.07 Å². The lowest BCUT2D eigenvalue weighted by molar-refractivity contribution is 0.00369. The standard InChI is InChI=1S/C14H15N3O2S/c1-10-7-13(20-12(10)3-2-4-15)14(18)17-5-6-19-11(8-16)9-17/h7,11H,4-6,9,15H2,1H3. The summed E-state index contributed by atoms with van der Waals surface area (Å²) in [5.74, 6) is 5.69. The molecule has 20 heavy (non-hydrogen) atoms. The van der Waals surface area contributed by atoms with Gasteiger partial charge in [-0.1, -0.05) is 11.8 Å². The van der Waals surface area contributed by atoms with Gasteiger partial charge >= 0.3 is 0 Å². The number of nitriles is 1. The number of nitrogens with zero attached hydrogens (tertiary/aromatic N) is 2. The smallest absolute Gasteiger partial charge is 0.264 e. The van der Waals surface area contributed by atoms with E-state index in [1.165, 1.54) is 11.3 Å². The van der Waals surface area contributed by atoms with E-state index >= 15 is 0 Å². The minimum atomic E-state index is -0.537. The fourth-order valence-electron chi connectivity index (χ4n) is 1.91. The van der Waals surface area contributed by atoms with E-state index in [-0.39, 0.29) is 5.91 Å². The van der Waals surface area contributed by atoms with E-state index in [2.05, 4.69) is 11.8 Å². The zero-order valence-electron chi connectivity index (χ0n) is 11.2. The van der Waals surface area contributed by atoms with Crippen LogP contribution < -0.4 is 5.73 Å². The maximum atomic E-state index is 12.4. The Morgan fingerprint density at radius 2 is 2.50 bits per heavy atom. The highest BCUT2D eigenvalue weighted by Crippen LogP contribution is 2.23. The Bertz CT molecular complexity index is 606. The van der Waals surface area contributed by atoms with Crippen molar-refractivity contribution in [3.05, 3.63) is 21.4 Å². The molecule has 0 radical (unpaired) electrons. The summed E-state index contributed by atoms with van der Waals surface area (Å²) < 4.78 is 5.24. The molecule has 1 unspecified atom stereocenters. The van der Waals surface area contributed by atoms with Gasteiger partial charge in [0.2, 0.25) is 0 Å². The second-order valence-corrected chi connectivity index (χ2v) is 5.42. The molecule has 104 valence electrons. The number of carbonyl (C=O) groups is 1. The lowest BCUT2D eigenvalue weighted by atomic mass is 10.2. The summed E-state index contributed by atoms with van der Waals surface area (Å²) in [5, 5.41) is 8.87. The fraction of sp³-hybridized carbons (Fsp3) is 0.429. The molecular formula is C14H15N3O2S. The lowest BCUT2D eigenvalue weighted by Crippen LogP contribution is -2.44. The van der Waals surface area contributed by atoms with Gasteiger partial charge in [0.05, 0.1) is 35.5 Å². The van der Waals surface area contributed by atoms with Crippen LogP contribution in [0.3, 0.4) is 0 Å². The van der Waals surface area contributed by atoms with Gasteiger partial charge in [0, 0.05) is 6.54 Å². The van der Waals surface area contributed by atoms with Gasteiger partial charge in [-0.05, 0) is 18.6 Å². The van der Waals surface area contributed by atoms with Crippen LogP contribution in [0.5, 0.6) is 0 Å². The van der Waals surface area contributed by atoms with E-state index in [0.717, 1.165) is 10.4 Å². The molecule has 0 bridgehead atoms. The first-order valence-corrected chi connectivity index (χ1v) is 7.07. The third-order valence-electron chi connectivity index (χ3n) is 2.93. The van der Waals surface area contributed by atoms with Crippen molar-refractivity contribution in [3.8, 4) is 17.9 Å². The summed E-state index contributed by atoms with van der Waals surface area (Å²) in [6.45, 7) is 3.45. The summed E-state index contributed by atoms with van der Waals surface area (Å²) in [5.41, 5.74) is 6.33. The van der Waals surface area contributed by atoms with Crippen molar-refractivity contribution in [2.75, 3.05) is 26.2 Å². The molecule has 1 amide bonds. The molecule has 1 saturated heterocycles. The molecule has 1 aliphatic rings. The summed E-state index contributed by atoms with van der Waals surface area (Å²) in [6, 6.07) is 3.87. The maximum Gasteiger partial charge on any atom is 0.264 e. The van der Waals surface area contributed by atoms with Crippen LogP contribution >= 0.6 is 11.3 Å². The first-order valence-electron chi connectivity index (χ1n) is 6.25. The molecule has 1 atom stereocenters. The summed E-state index contributed by atoms with van der Waals surface area (Å²) in [4.78, 5) is 15.6. The predicted octanol–water partition coefficient (Wildman–Crippen LogP) is 0.731. The first kappa shape index (κ1) is 14.5. The minimum Gasteiger partial charge on any atom is -0.360 e. The summed E-state index contributed by atoms with van der Waals surface area (Å²) in [7, 11) is 0. The SMILES string of the molecule is Cc1cc(C(=O)N2CCOC(C#N)C2)sc1C#CCN. The largest absolute Gasteiger partial charge is 0.360 e. The van der Waals surface area contributed by atoms with E-state index < -0.39 is 6.10 Å². The van der Waals surface area contributed by atoms with Gasteiger partial charge in [0.1, 0.15) is 0 Å². The van der Waals surface area contributed by atoms with Crippen molar-refractivity contribution in [3.63, 3.8) is 0 Å². The van der Waals surface area contributed by atoms with Gasteiger partial charge in [0.15, 0.2) is 6.10 Å². The maximum absolute atomic E-state index is 12.4. The lowest BCUT2D eigenvalue weighted by Gasteiger charge is -2.29. The van der Waals surface area contributed by atoms with Gasteiger partial charge in [-0.3, -0.25) is 4.79 Å². The van der Waals surface area contributed by atoms with Crippen LogP contribution in [0.2, 0.25) is 0 Å². The first-order chi connectivity index (χ1) is 9.65. The molecule has 1 aromatic heterocycles. The number of aryl methyl sites for hydroxylation is 1. The summed E-state index contributed by atoms with van der Waals surface area (Å²) >= 11 is 1.37. The van der Waals surface area contributed by atoms with Gasteiger partial charge < -0.3 is 15.4 Å². The van der Waals surface area contributed by atoms with Crippen molar-refractivity contribution in [1.82, 2.24) is 4.90 Å². The fourth-order valence-corrected chi connectivity index (χ4v) is 2.93. The van der Waals surface area contributed by atoms with Gasteiger partial charge in [-0.25, -0.2) is 0 Å². The molecule has 1 aliphatic heterocycles. The Morgan fingerprint density at radius 3 is 3.20 bits per heavy atom. The number of morpholine rings is 1. The van der Waals surface area contributed by atoms with Crippen LogP contribution in [0.25, 0.3) is 0 Å². The molecule has 1 aromatic rings. The zero-order chi connectivity index (χ0) is 14.5. The van der Waals surface area contributed by atoms with Crippen molar-refractivity contribution in [1.29, 1.82) is 5.26 Å². The van der Waals surface area contributed by atoms with Gasteiger partial charge in [-0.15, -0.1) is 11.3 Å². The van der Waals surface area contributed by atoms with Crippen LogP contribution in [0.4, 0.5) is 0 Å². The number of ether oxygens (including phenoxy) is 1. The minimum absolute atomic E-state index is 0.0672. The van der Waals surface area contributed by atoms with E-state index in [1.807, 2.05) is 19.1 Å². The average Bonchev–Trinajstić information content (AvgIpc) is 2.85. The molecule has 0 aliphatic carbocycles. The van der Waals surface area contributed by atoms with Gasteiger partial charge in [-0.2, -0.15) is 5.26 Å². The number of thiophene rings is 1. The normalized spacial score (nSPS) is 18.1. The monoisotopic (exact) mass is 289 g/mol. The van der Waals surface area contributed by atoms with Gasteiger partial charge in [0.25, 0.3) is 5.91 Å². The Morgan fingerprint density at radius 1 is 1.70 bits per heavy atom. The quantitative estimate of drug-likeness (QED) is 0.773. The Balaban J connectivity index is 2.15. The molecule has 0 aromatic carbocycles. The van der Waals surface area contributed by atoms with E-state index in [9.17, 15) is 4.79 Å². The number of amides is 1. The predicted molar refractivity (Wildman–Crippen MR) is 76.2 cm³/mol. The number of rotatable bonds is 1. The van der Waals surface area contributed by atoms with Crippen LogP contribution in [-0.4, -0.2) is 43.2 Å². The molecule has 5 nitrogen and oxygen atoms in total. The third kappa shape index (κ3) is 3.17. The average molecular weight is 289 g/mol. The van der Waals surface area contributed by atoms with Crippen LogP contribution in [-0.2, 0) is 4.74 Å². The van der Waals surface area contributed by atoms with Crippen molar-refractivity contribution >= 4 is 17.2 Å². The molecular weight excluding hydrogens is 274 g/mol. The molecule has 0 saturated carbocycles. The number of nitrogens with two attached hydrogens (primary N) is 1. The van der Waals surface area contributed by atoms with E-state index in [4.69, 9.17) is 15.7 Å². The Hall–Kier alpha value is -1.86. The topological polar surface area (TPSA) is 79.3 Å². The van der Waals surface area contributed by atoms with Crippen LogP contribution in [0, 0.1) is 30.1 Å². The molecule has 2 N–H and O–H groups in total. The molecule has 2 heterocycles. The van der Waals surface area contributed by atoms with Crippen LogP contribution in [0.1, 0.15) is 20.1 Å². The second-order valence-electron chi connectivity index (χ2n) is 4.37. The number of carbonyl (C=O) groups excluding carboxylic acids is 1. The molecule has 0 spiro atoms. The number of hydrogen-bond acceptors (Lipinski definition) is 5. The van der Waals surface area contributed by atoms with E-state index in [0.29, 0.717) is 31.1 Å². The highest BCUT2D eigenvalue weighted by atomic mass is 32.1. The Labute approximate surface area is 121 Å². The molecule has 1 fully saturated rings. The zero-order valence-corrected chi connectivity index (χ0v) is 12.0. The molecule has 2 rings (SSSR count).